The molecule has 3 atom stereocenters. The largest absolute Gasteiger partial charge is 0.461 e. The number of hydrogen-bond acceptors (Lipinski definition) is 2. The Morgan fingerprint density at radius 2 is 1.74 bits per heavy atom. The van der Waals surface area contributed by atoms with E-state index in [9.17, 15) is 4.79 Å². The molecular weight excluding hydrogens is 276 g/mol. The minimum Gasteiger partial charge on any atom is -0.461 e. The first kappa shape index (κ1) is 16.3. The maximum Gasteiger partial charge on any atom is 0.302 e. The van der Waals surface area contributed by atoms with Crippen LogP contribution in [0.3, 0.4) is 0 Å². The summed E-state index contributed by atoms with van der Waals surface area (Å²) in [5.74, 6) is -0.170. The lowest BCUT2D eigenvalue weighted by atomic mass is 9.96. The quantitative estimate of drug-likeness (QED) is 0.462. The van der Waals surface area contributed by atoms with Gasteiger partial charge in [-0.05, 0) is 5.56 Å². The van der Waals surface area contributed by atoms with Crippen molar-refractivity contribution in [3.63, 3.8) is 0 Å². The number of alkyl halides is 1. The summed E-state index contributed by atoms with van der Waals surface area (Å²) >= 11 is 6.60. The summed E-state index contributed by atoms with van der Waals surface area (Å²) in [6, 6.07) is 10.1. The monoisotopic (exact) mass is 298 g/mol. The van der Waals surface area contributed by atoms with E-state index >= 15 is 0 Å². The molecule has 0 fully saturated rings. The summed E-state index contributed by atoms with van der Waals surface area (Å²) in [4.78, 5) is 11.4. The van der Waals surface area contributed by atoms with Crippen molar-refractivity contribution < 1.29 is 9.53 Å². The second kappa shape index (κ2) is 6.57. The smallest absolute Gasteiger partial charge is 0.302 e. The molecule has 0 aliphatic rings. The van der Waals surface area contributed by atoms with Gasteiger partial charge in [-0.3, -0.25) is 4.79 Å². The van der Waals surface area contributed by atoms with Crippen LogP contribution in [0.15, 0.2) is 30.3 Å². The van der Waals surface area contributed by atoms with E-state index in [1.54, 1.807) is 0 Å². The Hall–Kier alpha value is -0.803. The zero-order chi connectivity index (χ0) is 14.6. The number of hydrogen-bond donors (Lipinski definition) is 0. The number of benzene rings is 1. The molecule has 106 valence electrons. The van der Waals surface area contributed by atoms with Gasteiger partial charge in [0.25, 0.3) is 0 Å². The van der Waals surface area contributed by atoms with E-state index < -0.39 is 8.07 Å². The topological polar surface area (TPSA) is 26.3 Å². The molecule has 1 rings (SSSR count). The number of rotatable bonds is 5. The van der Waals surface area contributed by atoms with Gasteiger partial charge in [-0.15, -0.1) is 11.6 Å². The lowest BCUT2D eigenvalue weighted by Gasteiger charge is -2.34. The predicted octanol–water partition coefficient (Wildman–Crippen LogP) is 4.21. The molecule has 0 N–H and O–H groups in total. The molecule has 0 aliphatic carbocycles. The zero-order valence-corrected chi connectivity index (χ0v) is 14.1. The van der Waals surface area contributed by atoms with Crippen LogP contribution in [0.1, 0.15) is 25.3 Å². The SMILES string of the molecule is CC(=O)OC(C(C)c1ccccc1)C(Cl)[Si](C)(C)C. The third-order valence-corrected chi connectivity index (χ3v) is 7.43. The highest BCUT2D eigenvalue weighted by molar-refractivity contribution is 6.84. The number of carbonyl (C=O) groups excluding carboxylic acids is 1. The molecule has 19 heavy (non-hydrogen) atoms. The molecule has 0 radical (unpaired) electrons. The van der Waals surface area contributed by atoms with Crippen LogP contribution in [-0.4, -0.2) is 25.1 Å². The van der Waals surface area contributed by atoms with Gasteiger partial charge in [-0.2, -0.15) is 0 Å². The van der Waals surface area contributed by atoms with Gasteiger partial charge in [-0.1, -0.05) is 56.9 Å². The van der Waals surface area contributed by atoms with Gasteiger partial charge >= 0.3 is 5.97 Å². The van der Waals surface area contributed by atoms with E-state index in [1.165, 1.54) is 6.92 Å². The molecule has 0 bridgehead atoms. The van der Waals surface area contributed by atoms with Gasteiger partial charge in [0.1, 0.15) is 6.10 Å². The van der Waals surface area contributed by atoms with E-state index in [4.69, 9.17) is 16.3 Å². The second-order valence-electron chi connectivity index (χ2n) is 6.04. The van der Waals surface area contributed by atoms with E-state index in [0.29, 0.717) is 0 Å². The predicted molar refractivity (Wildman–Crippen MR) is 83.4 cm³/mol. The number of ether oxygens (including phenoxy) is 1. The minimum absolute atomic E-state index is 0.0966. The van der Waals surface area contributed by atoms with Crippen molar-refractivity contribution in [3.8, 4) is 0 Å². The molecule has 0 saturated heterocycles. The summed E-state index contributed by atoms with van der Waals surface area (Å²) in [6.45, 7) is 10.1. The van der Waals surface area contributed by atoms with Crippen molar-refractivity contribution in [1.29, 1.82) is 0 Å². The van der Waals surface area contributed by atoms with Crippen molar-refractivity contribution in [2.24, 2.45) is 0 Å². The second-order valence-corrected chi connectivity index (χ2v) is 12.2. The van der Waals surface area contributed by atoms with Crippen molar-refractivity contribution in [2.45, 2.75) is 50.5 Å². The van der Waals surface area contributed by atoms with Gasteiger partial charge < -0.3 is 4.74 Å². The number of halogens is 1. The Bertz CT molecular complexity index is 414. The third kappa shape index (κ3) is 4.66. The average molecular weight is 299 g/mol. The van der Waals surface area contributed by atoms with Crippen LogP contribution in [-0.2, 0) is 9.53 Å². The van der Waals surface area contributed by atoms with E-state index in [-0.39, 0.29) is 23.0 Å². The van der Waals surface area contributed by atoms with Gasteiger partial charge in [0.05, 0.1) is 13.1 Å². The third-order valence-electron chi connectivity index (χ3n) is 3.24. The van der Waals surface area contributed by atoms with Crippen LogP contribution in [0.4, 0.5) is 0 Å². The van der Waals surface area contributed by atoms with Gasteiger partial charge in [0, 0.05) is 12.8 Å². The van der Waals surface area contributed by atoms with E-state index in [1.807, 2.05) is 18.2 Å². The molecule has 1 aromatic rings. The zero-order valence-electron chi connectivity index (χ0n) is 12.3. The van der Waals surface area contributed by atoms with Crippen LogP contribution >= 0.6 is 11.6 Å². The first-order valence-corrected chi connectivity index (χ1v) is 10.6. The first-order valence-electron chi connectivity index (χ1n) is 6.59. The van der Waals surface area contributed by atoms with Crippen LogP contribution in [0.25, 0.3) is 0 Å². The molecule has 0 spiro atoms. The molecule has 0 heterocycles. The molecule has 0 amide bonds. The normalized spacial score (nSPS) is 16.5. The molecule has 0 aliphatic heterocycles. The molecule has 0 saturated carbocycles. The summed E-state index contributed by atoms with van der Waals surface area (Å²) < 4.78 is 5.52. The Labute approximate surface area is 122 Å². The van der Waals surface area contributed by atoms with Crippen molar-refractivity contribution in [2.75, 3.05) is 0 Å². The first-order chi connectivity index (χ1) is 8.73. The van der Waals surface area contributed by atoms with Crippen molar-refractivity contribution in [3.05, 3.63) is 35.9 Å². The molecule has 2 nitrogen and oxygen atoms in total. The Morgan fingerprint density at radius 3 is 2.16 bits per heavy atom. The van der Waals surface area contributed by atoms with Crippen LogP contribution in [0.5, 0.6) is 0 Å². The highest BCUT2D eigenvalue weighted by Gasteiger charge is 2.37. The fraction of sp³-hybridized carbons (Fsp3) is 0.533. The maximum atomic E-state index is 11.4. The van der Waals surface area contributed by atoms with Crippen LogP contribution < -0.4 is 0 Å². The fourth-order valence-corrected chi connectivity index (χ4v) is 3.66. The van der Waals surface area contributed by atoms with Gasteiger partial charge in [0.2, 0.25) is 0 Å². The van der Waals surface area contributed by atoms with E-state index in [0.717, 1.165) is 5.56 Å². The van der Waals surface area contributed by atoms with Crippen LogP contribution in [0, 0.1) is 0 Å². The summed E-state index contributed by atoms with van der Waals surface area (Å²) in [5.41, 5.74) is 1.15. The molecular formula is C15H23ClO2Si. The fourth-order valence-electron chi connectivity index (χ4n) is 2.05. The number of esters is 1. The standard InChI is InChI=1S/C15H23ClO2Si/c1-11(13-9-7-6-8-10-13)14(18-12(2)17)15(16)19(3,4)5/h6-11,14-15H,1-5H3. The summed E-state index contributed by atoms with van der Waals surface area (Å²) in [6.07, 6.45) is -0.270. The Kier molecular flexibility index (Phi) is 5.62. The van der Waals surface area contributed by atoms with Gasteiger partial charge in [0.15, 0.2) is 0 Å². The lowest BCUT2D eigenvalue weighted by Crippen LogP contribution is -2.46. The molecule has 3 unspecified atom stereocenters. The number of carbonyl (C=O) groups is 1. The Morgan fingerprint density at radius 1 is 1.21 bits per heavy atom. The summed E-state index contributed by atoms with van der Waals surface area (Å²) in [5, 5.41) is -0.105. The van der Waals surface area contributed by atoms with Crippen molar-refractivity contribution >= 4 is 25.6 Å². The highest BCUT2D eigenvalue weighted by Crippen LogP contribution is 2.31. The molecule has 0 aromatic heterocycles. The lowest BCUT2D eigenvalue weighted by molar-refractivity contribution is -0.146. The maximum absolute atomic E-state index is 11.4. The molecule has 4 heteroatoms. The highest BCUT2D eigenvalue weighted by atomic mass is 35.5. The average Bonchev–Trinajstić information content (AvgIpc) is 2.34. The Balaban J connectivity index is 3.00. The summed E-state index contributed by atoms with van der Waals surface area (Å²) in [7, 11) is -1.60. The van der Waals surface area contributed by atoms with E-state index in [2.05, 4.69) is 38.7 Å². The molecule has 1 aromatic carbocycles. The van der Waals surface area contributed by atoms with Crippen molar-refractivity contribution in [1.82, 2.24) is 0 Å². The van der Waals surface area contributed by atoms with Gasteiger partial charge in [-0.25, -0.2) is 0 Å². The minimum atomic E-state index is -1.60. The van der Waals surface area contributed by atoms with Crippen LogP contribution in [0.2, 0.25) is 19.6 Å².